The third kappa shape index (κ3) is 4.30. The number of carbonyl (C=O) groups excluding carboxylic acids is 2. The summed E-state index contributed by atoms with van der Waals surface area (Å²) in [7, 11) is 0. The van der Waals surface area contributed by atoms with Crippen LogP contribution in [-0.2, 0) is 19.7 Å². The molecule has 3 rings (SSSR count). The van der Waals surface area contributed by atoms with E-state index in [-0.39, 0.29) is 11.8 Å². The van der Waals surface area contributed by atoms with Crippen molar-refractivity contribution in [2.45, 2.75) is 38.0 Å². The molecule has 2 saturated heterocycles. The number of nitrogens with zero attached hydrogens (tertiary/aromatic N) is 2. The molecule has 2 amide bonds. The van der Waals surface area contributed by atoms with Gasteiger partial charge in [-0.05, 0) is 50.2 Å². The lowest BCUT2D eigenvalue weighted by atomic mass is 9.71. The van der Waals surface area contributed by atoms with E-state index in [1.54, 1.807) is 4.90 Å². The van der Waals surface area contributed by atoms with Crippen LogP contribution in [0.25, 0.3) is 0 Å². The van der Waals surface area contributed by atoms with Gasteiger partial charge in [0.25, 0.3) is 0 Å². The molecule has 2 aliphatic rings. The Balaban J connectivity index is 1.81. The molecule has 2 aliphatic heterocycles. The van der Waals surface area contributed by atoms with Crippen LogP contribution in [0.3, 0.4) is 0 Å². The minimum Gasteiger partial charge on any atom is -0.381 e. The number of hydrogen-bond donors (Lipinski definition) is 0. The molecule has 2 fully saturated rings. The summed E-state index contributed by atoms with van der Waals surface area (Å²) < 4.78 is 5.62. The van der Waals surface area contributed by atoms with Crippen LogP contribution in [0.2, 0.25) is 0 Å². The molecule has 0 aliphatic carbocycles. The number of carbonyl (C=O) groups is 2. The van der Waals surface area contributed by atoms with Crippen molar-refractivity contribution in [1.29, 1.82) is 0 Å². The smallest absolute Gasteiger partial charge is 0.245 e. The van der Waals surface area contributed by atoms with Crippen LogP contribution in [-0.4, -0.2) is 61.0 Å². The molecule has 1 aromatic carbocycles. The molecule has 1 unspecified atom stereocenters. The molecule has 28 heavy (non-hydrogen) atoms. The van der Waals surface area contributed by atoms with E-state index >= 15 is 0 Å². The van der Waals surface area contributed by atoms with Crippen molar-refractivity contribution in [3.8, 4) is 0 Å². The van der Waals surface area contributed by atoms with Gasteiger partial charge in [-0.25, -0.2) is 0 Å². The Labute approximate surface area is 168 Å². The van der Waals surface area contributed by atoms with E-state index < -0.39 is 5.41 Å². The summed E-state index contributed by atoms with van der Waals surface area (Å²) in [6.45, 7) is 9.79. The molecule has 152 valence electrons. The van der Waals surface area contributed by atoms with Gasteiger partial charge in [-0.15, -0.1) is 0 Å². The monoisotopic (exact) mass is 384 g/mol. The Hall–Kier alpha value is -2.14. The molecule has 0 spiro atoms. The predicted molar refractivity (Wildman–Crippen MR) is 110 cm³/mol. The maximum atomic E-state index is 13.8. The highest BCUT2D eigenvalue weighted by molar-refractivity contribution is 5.90. The van der Waals surface area contributed by atoms with Gasteiger partial charge in [0.05, 0.1) is 12.0 Å². The summed E-state index contributed by atoms with van der Waals surface area (Å²) in [5, 5.41) is 0. The Kier molecular flexibility index (Phi) is 6.89. The van der Waals surface area contributed by atoms with Crippen molar-refractivity contribution in [3.05, 3.63) is 48.6 Å². The van der Waals surface area contributed by atoms with Crippen molar-refractivity contribution in [2.75, 3.05) is 39.4 Å². The molecule has 0 bridgehead atoms. The standard InChI is InChI=1S/C23H32N2O3/c1-3-21(26)24-15-12-23(13-16-24,20-10-6-5-7-11-20)22(27)25-14-8-9-19(17-25)18-28-4-2/h3,5-7,10-11,19H,1,4,8-9,12-18H2,2H3. The second-order valence-corrected chi connectivity index (χ2v) is 7.90. The summed E-state index contributed by atoms with van der Waals surface area (Å²) in [6, 6.07) is 10.1. The molecule has 0 radical (unpaired) electrons. The molecule has 1 aromatic rings. The molecule has 5 nitrogen and oxygen atoms in total. The first-order valence-electron chi connectivity index (χ1n) is 10.4. The molecular formula is C23H32N2O3. The number of benzene rings is 1. The van der Waals surface area contributed by atoms with Gasteiger partial charge in [-0.2, -0.15) is 0 Å². The zero-order valence-electron chi connectivity index (χ0n) is 16.9. The van der Waals surface area contributed by atoms with E-state index in [0.717, 1.165) is 38.1 Å². The number of ether oxygens (including phenoxy) is 1. The van der Waals surface area contributed by atoms with E-state index in [9.17, 15) is 9.59 Å². The van der Waals surface area contributed by atoms with Gasteiger partial charge in [0, 0.05) is 32.8 Å². The van der Waals surface area contributed by atoms with Gasteiger partial charge in [-0.1, -0.05) is 36.9 Å². The minimum atomic E-state index is -0.549. The van der Waals surface area contributed by atoms with Gasteiger partial charge >= 0.3 is 0 Å². The summed E-state index contributed by atoms with van der Waals surface area (Å²) >= 11 is 0. The zero-order chi connectivity index (χ0) is 20.0. The number of likely N-dealkylation sites (tertiary alicyclic amines) is 2. The molecular weight excluding hydrogens is 352 g/mol. The second kappa shape index (κ2) is 9.37. The lowest BCUT2D eigenvalue weighted by molar-refractivity contribution is -0.143. The largest absolute Gasteiger partial charge is 0.381 e. The minimum absolute atomic E-state index is 0.0520. The van der Waals surface area contributed by atoms with Crippen LogP contribution < -0.4 is 0 Å². The fourth-order valence-electron chi connectivity index (χ4n) is 4.59. The zero-order valence-corrected chi connectivity index (χ0v) is 16.9. The van der Waals surface area contributed by atoms with E-state index in [1.807, 2.05) is 30.0 Å². The van der Waals surface area contributed by atoms with Crippen molar-refractivity contribution < 1.29 is 14.3 Å². The van der Waals surface area contributed by atoms with Gasteiger partial charge in [0.15, 0.2) is 0 Å². The Bertz CT molecular complexity index is 680. The summed E-state index contributed by atoms with van der Waals surface area (Å²) in [6.07, 6.45) is 4.81. The van der Waals surface area contributed by atoms with Gasteiger partial charge in [0.2, 0.25) is 11.8 Å². The molecule has 1 atom stereocenters. The molecule has 2 heterocycles. The van der Waals surface area contributed by atoms with Crippen molar-refractivity contribution >= 4 is 11.8 Å². The summed E-state index contributed by atoms with van der Waals surface area (Å²) in [5.74, 6) is 0.572. The molecule has 5 heteroatoms. The van der Waals surface area contributed by atoms with Crippen molar-refractivity contribution in [2.24, 2.45) is 5.92 Å². The third-order valence-corrected chi connectivity index (χ3v) is 6.20. The lowest BCUT2D eigenvalue weighted by Crippen LogP contribution is -2.55. The Morgan fingerprint density at radius 1 is 1.18 bits per heavy atom. The number of piperidine rings is 2. The highest BCUT2D eigenvalue weighted by Crippen LogP contribution is 2.38. The summed E-state index contributed by atoms with van der Waals surface area (Å²) in [5.41, 5.74) is 0.518. The van der Waals surface area contributed by atoms with Crippen LogP contribution in [0.4, 0.5) is 0 Å². The normalized spacial score (nSPS) is 22.0. The third-order valence-electron chi connectivity index (χ3n) is 6.20. The summed E-state index contributed by atoms with van der Waals surface area (Å²) in [4.78, 5) is 29.7. The topological polar surface area (TPSA) is 49.9 Å². The van der Waals surface area contributed by atoms with Crippen LogP contribution in [0.5, 0.6) is 0 Å². The van der Waals surface area contributed by atoms with Crippen molar-refractivity contribution in [3.63, 3.8) is 0 Å². The maximum absolute atomic E-state index is 13.8. The Morgan fingerprint density at radius 2 is 1.89 bits per heavy atom. The molecule has 0 N–H and O–H groups in total. The van der Waals surface area contributed by atoms with Gasteiger partial charge in [-0.3, -0.25) is 9.59 Å². The van der Waals surface area contributed by atoms with Crippen molar-refractivity contribution in [1.82, 2.24) is 9.80 Å². The molecule has 0 saturated carbocycles. The van der Waals surface area contributed by atoms with E-state index in [0.29, 0.717) is 38.5 Å². The highest BCUT2D eigenvalue weighted by Gasteiger charge is 2.46. The first kappa shape index (κ1) is 20.6. The first-order valence-corrected chi connectivity index (χ1v) is 10.4. The van der Waals surface area contributed by atoms with E-state index in [1.165, 1.54) is 6.08 Å². The lowest BCUT2D eigenvalue weighted by Gasteiger charge is -2.45. The average Bonchev–Trinajstić information content (AvgIpc) is 2.77. The van der Waals surface area contributed by atoms with Crippen LogP contribution >= 0.6 is 0 Å². The molecule has 0 aromatic heterocycles. The second-order valence-electron chi connectivity index (χ2n) is 7.90. The maximum Gasteiger partial charge on any atom is 0.245 e. The van der Waals surface area contributed by atoms with Crippen LogP contribution in [0, 0.1) is 5.92 Å². The fraction of sp³-hybridized carbons (Fsp3) is 0.565. The quantitative estimate of drug-likeness (QED) is 0.709. The Morgan fingerprint density at radius 3 is 2.54 bits per heavy atom. The highest BCUT2D eigenvalue weighted by atomic mass is 16.5. The van der Waals surface area contributed by atoms with E-state index in [4.69, 9.17) is 4.74 Å². The number of hydrogen-bond acceptors (Lipinski definition) is 3. The van der Waals surface area contributed by atoms with Crippen LogP contribution in [0.1, 0.15) is 38.2 Å². The average molecular weight is 385 g/mol. The number of amides is 2. The van der Waals surface area contributed by atoms with Gasteiger partial charge < -0.3 is 14.5 Å². The van der Waals surface area contributed by atoms with E-state index in [2.05, 4.69) is 18.7 Å². The van der Waals surface area contributed by atoms with Gasteiger partial charge in [0.1, 0.15) is 0 Å². The fourth-order valence-corrected chi connectivity index (χ4v) is 4.59. The number of rotatable bonds is 6. The first-order chi connectivity index (χ1) is 13.6. The SMILES string of the molecule is C=CC(=O)N1CCC(C(=O)N2CCCC(COCC)C2)(c2ccccc2)CC1. The predicted octanol–water partition coefficient (Wildman–Crippen LogP) is 3.01. The van der Waals surface area contributed by atoms with Crippen LogP contribution in [0.15, 0.2) is 43.0 Å².